The van der Waals surface area contributed by atoms with Crippen LogP contribution in [0.5, 0.6) is 5.75 Å². The number of ether oxygens (including phenoxy) is 3. The van der Waals surface area contributed by atoms with Crippen LogP contribution in [0.1, 0.15) is 24.8 Å². The van der Waals surface area contributed by atoms with Crippen molar-refractivity contribution in [3.05, 3.63) is 60.2 Å². The number of carbonyl (C=O) groups is 2. The lowest BCUT2D eigenvalue weighted by atomic mass is 9.96. The maximum absolute atomic E-state index is 13.3. The van der Waals surface area contributed by atoms with Gasteiger partial charge < -0.3 is 24.0 Å². The summed E-state index contributed by atoms with van der Waals surface area (Å²) in [6.45, 7) is 3.21. The maximum Gasteiger partial charge on any atom is 0.225 e. The zero-order valence-corrected chi connectivity index (χ0v) is 19.9. The van der Waals surface area contributed by atoms with E-state index in [4.69, 9.17) is 14.2 Å². The van der Waals surface area contributed by atoms with Gasteiger partial charge in [-0.1, -0.05) is 0 Å². The van der Waals surface area contributed by atoms with Crippen LogP contribution in [0.25, 0.3) is 0 Å². The molecular weight excluding hydrogens is 453 g/mol. The number of aryl methyl sites for hydroxylation is 1. The molecule has 1 aromatic carbocycles. The van der Waals surface area contributed by atoms with E-state index in [0.717, 1.165) is 18.4 Å². The molecule has 188 valence electrons. The highest BCUT2D eigenvalue weighted by Crippen LogP contribution is 2.26. The first-order chi connectivity index (χ1) is 17.0. The van der Waals surface area contributed by atoms with Gasteiger partial charge in [-0.15, -0.1) is 0 Å². The van der Waals surface area contributed by atoms with Gasteiger partial charge in [0, 0.05) is 38.4 Å². The van der Waals surface area contributed by atoms with E-state index in [1.807, 2.05) is 12.1 Å². The molecule has 2 fully saturated rings. The SMILES string of the molecule is O=C(C[C@@]1(COc2ccc(F)cc2)CN(C(=O)CCCc2ccncc2)CCO1)N1CCOCC1. The van der Waals surface area contributed by atoms with Crippen molar-refractivity contribution < 1.29 is 28.2 Å². The average molecular weight is 486 g/mol. The minimum absolute atomic E-state index is 0.0346. The Hall–Kier alpha value is -3.04. The number of benzene rings is 1. The standard InChI is InChI=1S/C26H32FN3O5/c27-22-4-6-23(7-5-22)34-20-26(18-25(32)29-12-15-33-16-13-29)19-30(14-17-35-26)24(31)3-1-2-21-8-10-28-11-9-21/h4-11H,1-3,12-20H2/t26-/m0/s1. The second-order valence-electron chi connectivity index (χ2n) is 8.97. The number of carbonyl (C=O) groups excluding carboxylic acids is 2. The van der Waals surface area contributed by atoms with E-state index in [-0.39, 0.29) is 37.2 Å². The summed E-state index contributed by atoms with van der Waals surface area (Å²) in [7, 11) is 0. The van der Waals surface area contributed by atoms with Crippen molar-refractivity contribution in [3.63, 3.8) is 0 Å². The highest BCUT2D eigenvalue weighted by atomic mass is 19.1. The van der Waals surface area contributed by atoms with Crippen molar-refractivity contribution >= 4 is 11.8 Å². The van der Waals surface area contributed by atoms with Crippen molar-refractivity contribution in [2.24, 2.45) is 0 Å². The number of morpholine rings is 2. The van der Waals surface area contributed by atoms with E-state index in [2.05, 4.69) is 4.98 Å². The lowest BCUT2D eigenvalue weighted by Gasteiger charge is -2.43. The van der Waals surface area contributed by atoms with Gasteiger partial charge >= 0.3 is 0 Å². The number of hydrogen-bond donors (Lipinski definition) is 0. The Kier molecular flexibility index (Phi) is 8.65. The first-order valence-electron chi connectivity index (χ1n) is 12.1. The fourth-order valence-electron chi connectivity index (χ4n) is 4.40. The summed E-state index contributed by atoms with van der Waals surface area (Å²) in [4.78, 5) is 33.7. The molecule has 2 amide bonds. The van der Waals surface area contributed by atoms with Crippen molar-refractivity contribution in [2.45, 2.75) is 31.3 Å². The summed E-state index contributed by atoms with van der Waals surface area (Å²) in [5.74, 6) is 0.108. The molecule has 8 nitrogen and oxygen atoms in total. The predicted molar refractivity (Wildman–Crippen MR) is 126 cm³/mol. The molecule has 4 rings (SSSR count). The van der Waals surface area contributed by atoms with Crippen molar-refractivity contribution in [2.75, 3.05) is 52.6 Å². The van der Waals surface area contributed by atoms with Gasteiger partial charge in [-0.3, -0.25) is 14.6 Å². The molecule has 0 unspecified atom stereocenters. The Morgan fingerprint density at radius 1 is 0.971 bits per heavy atom. The lowest BCUT2D eigenvalue weighted by molar-refractivity contribution is -0.167. The summed E-state index contributed by atoms with van der Waals surface area (Å²) in [5, 5.41) is 0. The second kappa shape index (κ2) is 12.1. The van der Waals surface area contributed by atoms with Crippen LogP contribution in [0, 0.1) is 5.82 Å². The molecular formula is C26H32FN3O5. The third-order valence-electron chi connectivity index (χ3n) is 6.36. The third kappa shape index (κ3) is 7.22. The Balaban J connectivity index is 1.40. The summed E-state index contributed by atoms with van der Waals surface area (Å²) in [6, 6.07) is 9.63. The fourth-order valence-corrected chi connectivity index (χ4v) is 4.40. The van der Waals surface area contributed by atoms with Crippen LogP contribution in [0.2, 0.25) is 0 Å². The Morgan fingerprint density at radius 3 is 2.43 bits per heavy atom. The summed E-state index contributed by atoms with van der Waals surface area (Å²) < 4.78 is 30.7. The van der Waals surface area contributed by atoms with Gasteiger partial charge in [0.05, 0.1) is 32.8 Å². The van der Waals surface area contributed by atoms with Crippen LogP contribution in [0.4, 0.5) is 4.39 Å². The molecule has 2 saturated heterocycles. The molecule has 0 aliphatic carbocycles. The molecule has 0 N–H and O–H groups in total. The topological polar surface area (TPSA) is 81.2 Å². The van der Waals surface area contributed by atoms with Gasteiger partial charge in [0.1, 0.15) is 23.8 Å². The van der Waals surface area contributed by atoms with Gasteiger partial charge in [0.15, 0.2) is 0 Å². The second-order valence-corrected chi connectivity index (χ2v) is 8.97. The van der Waals surface area contributed by atoms with E-state index in [1.165, 1.54) is 24.3 Å². The van der Waals surface area contributed by atoms with Crippen molar-refractivity contribution in [1.29, 1.82) is 0 Å². The molecule has 2 aliphatic heterocycles. The number of amides is 2. The summed E-state index contributed by atoms with van der Waals surface area (Å²) in [5.41, 5.74) is 0.163. The third-order valence-corrected chi connectivity index (χ3v) is 6.36. The van der Waals surface area contributed by atoms with Gasteiger partial charge in [-0.05, 0) is 54.8 Å². The molecule has 35 heavy (non-hydrogen) atoms. The van der Waals surface area contributed by atoms with E-state index in [0.29, 0.717) is 51.6 Å². The lowest BCUT2D eigenvalue weighted by Crippen LogP contribution is -2.58. The van der Waals surface area contributed by atoms with E-state index in [1.54, 1.807) is 22.2 Å². The van der Waals surface area contributed by atoms with Crippen LogP contribution in [-0.4, -0.2) is 84.8 Å². The molecule has 0 bridgehead atoms. The Morgan fingerprint density at radius 2 is 1.69 bits per heavy atom. The zero-order chi connectivity index (χ0) is 24.5. The number of pyridine rings is 1. The van der Waals surface area contributed by atoms with Crippen LogP contribution in [0.3, 0.4) is 0 Å². The molecule has 0 saturated carbocycles. The highest BCUT2D eigenvalue weighted by Gasteiger charge is 2.42. The van der Waals surface area contributed by atoms with Crippen LogP contribution in [0.15, 0.2) is 48.8 Å². The van der Waals surface area contributed by atoms with Crippen LogP contribution >= 0.6 is 0 Å². The van der Waals surface area contributed by atoms with Crippen molar-refractivity contribution in [3.8, 4) is 5.75 Å². The number of halogens is 1. The maximum atomic E-state index is 13.3. The van der Waals surface area contributed by atoms with E-state index < -0.39 is 5.60 Å². The van der Waals surface area contributed by atoms with Gasteiger partial charge in [0.25, 0.3) is 0 Å². The smallest absolute Gasteiger partial charge is 0.225 e. The summed E-state index contributed by atoms with van der Waals surface area (Å²) >= 11 is 0. The van der Waals surface area contributed by atoms with E-state index >= 15 is 0 Å². The number of nitrogens with zero attached hydrogens (tertiary/aromatic N) is 3. The van der Waals surface area contributed by atoms with Gasteiger partial charge in [0.2, 0.25) is 11.8 Å². The van der Waals surface area contributed by atoms with Crippen molar-refractivity contribution in [1.82, 2.24) is 14.8 Å². The summed E-state index contributed by atoms with van der Waals surface area (Å²) in [6.07, 6.45) is 5.53. The monoisotopic (exact) mass is 485 g/mol. The molecule has 1 atom stereocenters. The highest BCUT2D eigenvalue weighted by molar-refractivity contribution is 5.79. The van der Waals surface area contributed by atoms with Crippen LogP contribution in [-0.2, 0) is 25.5 Å². The van der Waals surface area contributed by atoms with Crippen LogP contribution < -0.4 is 4.74 Å². The molecule has 2 aromatic rings. The average Bonchev–Trinajstić information content (AvgIpc) is 2.89. The fraction of sp³-hybridized carbons (Fsp3) is 0.500. The first kappa shape index (κ1) is 25.1. The minimum atomic E-state index is -0.983. The quantitative estimate of drug-likeness (QED) is 0.543. The minimum Gasteiger partial charge on any atom is -0.490 e. The molecule has 3 heterocycles. The largest absolute Gasteiger partial charge is 0.490 e. The molecule has 1 aromatic heterocycles. The Bertz CT molecular complexity index is 969. The predicted octanol–water partition coefficient (Wildman–Crippen LogP) is 2.47. The van der Waals surface area contributed by atoms with Gasteiger partial charge in [-0.25, -0.2) is 4.39 Å². The molecule has 9 heteroatoms. The number of rotatable bonds is 9. The number of aromatic nitrogens is 1. The van der Waals surface area contributed by atoms with E-state index in [9.17, 15) is 14.0 Å². The molecule has 0 spiro atoms. The first-order valence-corrected chi connectivity index (χ1v) is 12.1. The zero-order valence-electron chi connectivity index (χ0n) is 19.9. The molecule has 2 aliphatic rings. The normalized spacial score (nSPS) is 20.5. The van der Waals surface area contributed by atoms with Gasteiger partial charge in [-0.2, -0.15) is 0 Å². The Labute approximate surface area is 205 Å². The number of hydrogen-bond acceptors (Lipinski definition) is 6. The molecule has 0 radical (unpaired) electrons.